The van der Waals surface area contributed by atoms with Gasteiger partial charge in [-0.15, -0.1) is 0 Å². The SMILES string of the molecule is Oc1cc(OC(F)F)cc2ccccc12. The molecule has 15 heavy (non-hydrogen) atoms. The summed E-state index contributed by atoms with van der Waals surface area (Å²) in [5.74, 6) is -0.107. The van der Waals surface area contributed by atoms with Gasteiger partial charge >= 0.3 is 6.61 Å². The summed E-state index contributed by atoms with van der Waals surface area (Å²) in [6, 6.07) is 9.57. The minimum absolute atomic E-state index is 0.0406. The van der Waals surface area contributed by atoms with Gasteiger partial charge in [0.2, 0.25) is 0 Å². The third-order valence-electron chi connectivity index (χ3n) is 2.04. The van der Waals surface area contributed by atoms with E-state index in [4.69, 9.17) is 0 Å². The van der Waals surface area contributed by atoms with Gasteiger partial charge in [0, 0.05) is 11.5 Å². The minimum atomic E-state index is -2.88. The summed E-state index contributed by atoms with van der Waals surface area (Å²) in [7, 11) is 0. The normalized spacial score (nSPS) is 10.9. The van der Waals surface area contributed by atoms with E-state index in [1.165, 1.54) is 12.1 Å². The molecule has 0 unspecified atom stereocenters. The summed E-state index contributed by atoms with van der Waals surface area (Å²) >= 11 is 0. The number of hydrogen-bond donors (Lipinski definition) is 1. The molecule has 0 saturated carbocycles. The van der Waals surface area contributed by atoms with Crippen LogP contribution in [0.4, 0.5) is 8.78 Å². The molecule has 0 saturated heterocycles. The van der Waals surface area contributed by atoms with Crippen molar-refractivity contribution in [3.63, 3.8) is 0 Å². The van der Waals surface area contributed by atoms with E-state index in [-0.39, 0.29) is 11.5 Å². The van der Waals surface area contributed by atoms with Crippen LogP contribution >= 0.6 is 0 Å². The molecule has 0 heterocycles. The zero-order valence-corrected chi connectivity index (χ0v) is 7.65. The molecule has 0 spiro atoms. The number of halogens is 2. The van der Waals surface area contributed by atoms with Gasteiger partial charge in [-0.05, 0) is 11.5 Å². The first-order chi connectivity index (χ1) is 7.16. The summed E-state index contributed by atoms with van der Waals surface area (Å²) in [6.45, 7) is -2.88. The molecule has 2 aromatic carbocycles. The number of benzene rings is 2. The summed E-state index contributed by atoms with van der Waals surface area (Å²) in [4.78, 5) is 0. The van der Waals surface area contributed by atoms with Crippen molar-refractivity contribution in [2.75, 3.05) is 0 Å². The van der Waals surface area contributed by atoms with Gasteiger partial charge in [-0.3, -0.25) is 0 Å². The number of phenols is 1. The lowest BCUT2D eigenvalue weighted by atomic mass is 10.1. The maximum Gasteiger partial charge on any atom is 0.387 e. The molecule has 1 N–H and O–H groups in total. The molecule has 2 nitrogen and oxygen atoms in total. The summed E-state index contributed by atoms with van der Waals surface area (Å²) in [6.07, 6.45) is 0. The Kier molecular flexibility index (Phi) is 2.41. The number of ether oxygens (including phenoxy) is 1. The van der Waals surface area contributed by atoms with E-state index in [2.05, 4.69) is 4.74 Å². The van der Waals surface area contributed by atoms with E-state index in [1.54, 1.807) is 24.3 Å². The van der Waals surface area contributed by atoms with Crippen molar-refractivity contribution < 1.29 is 18.6 Å². The zero-order valence-electron chi connectivity index (χ0n) is 7.65. The molecule has 0 aliphatic carbocycles. The molecule has 0 atom stereocenters. The van der Waals surface area contributed by atoms with Crippen LogP contribution in [0.2, 0.25) is 0 Å². The van der Waals surface area contributed by atoms with Gasteiger partial charge in [0.1, 0.15) is 11.5 Å². The lowest BCUT2D eigenvalue weighted by molar-refractivity contribution is -0.0498. The van der Waals surface area contributed by atoms with E-state index in [0.717, 1.165) is 0 Å². The quantitative estimate of drug-likeness (QED) is 0.825. The van der Waals surface area contributed by atoms with Gasteiger partial charge < -0.3 is 9.84 Å². The van der Waals surface area contributed by atoms with Gasteiger partial charge in [0.05, 0.1) is 0 Å². The Balaban J connectivity index is 2.52. The first-order valence-corrected chi connectivity index (χ1v) is 4.33. The van der Waals surface area contributed by atoms with Crippen molar-refractivity contribution in [2.45, 2.75) is 6.61 Å². The van der Waals surface area contributed by atoms with Crippen LogP contribution in [0.5, 0.6) is 11.5 Å². The van der Waals surface area contributed by atoms with Crippen molar-refractivity contribution in [2.24, 2.45) is 0 Å². The summed E-state index contributed by atoms with van der Waals surface area (Å²) < 4.78 is 28.1. The number of alkyl halides is 2. The second-order valence-corrected chi connectivity index (χ2v) is 3.04. The molecule has 0 fully saturated rings. The lowest BCUT2D eigenvalue weighted by Gasteiger charge is -2.07. The highest BCUT2D eigenvalue weighted by atomic mass is 19.3. The first kappa shape index (κ1) is 9.71. The topological polar surface area (TPSA) is 29.5 Å². The van der Waals surface area contributed by atoms with Crippen molar-refractivity contribution >= 4 is 10.8 Å². The molecular weight excluding hydrogens is 202 g/mol. The fourth-order valence-corrected chi connectivity index (χ4v) is 1.43. The third-order valence-corrected chi connectivity index (χ3v) is 2.04. The lowest BCUT2D eigenvalue weighted by Crippen LogP contribution is -2.01. The van der Waals surface area contributed by atoms with Gasteiger partial charge in [-0.1, -0.05) is 24.3 Å². The van der Waals surface area contributed by atoms with Gasteiger partial charge in [-0.2, -0.15) is 8.78 Å². The Morgan fingerprint density at radius 3 is 2.60 bits per heavy atom. The first-order valence-electron chi connectivity index (χ1n) is 4.33. The smallest absolute Gasteiger partial charge is 0.387 e. The van der Waals surface area contributed by atoms with E-state index in [9.17, 15) is 13.9 Å². The highest BCUT2D eigenvalue weighted by molar-refractivity contribution is 5.89. The average molecular weight is 210 g/mol. The fraction of sp³-hybridized carbons (Fsp3) is 0.0909. The van der Waals surface area contributed by atoms with Gasteiger partial charge in [0.25, 0.3) is 0 Å². The molecule has 0 aromatic heterocycles. The second kappa shape index (κ2) is 3.73. The average Bonchev–Trinajstić information content (AvgIpc) is 2.16. The van der Waals surface area contributed by atoms with Crippen LogP contribution in [0.1, 0.15) is 0 Å². The molecule has 0 bridgehead atoms. The number of aromatic hydroxyl groups is 1. The molecule has 0 amide bonds. The molecule has 0 radical (unpaired) electrons. The second-order valence-electron chi connectivity index (χ2n) is 3.04. The maximum atomic E-state index is 11.9. The Morgan fingerprint density at radius 2 is 1.87 bits per heavy atom. The molecule has 4 heteroatoms. The standard InChI is InChI=1S/C11H8F2O2/c12-11(13)15-8-5-7-3-1-2-4-9(7)10(14)6-8/h1-6,11,14H. The van der Waals surface area contributed by atoms with Crippen LogP contribution in [-0.2, 0) is 0 Å². The van der Waals surface area contributed by atoms with Crippen LogP contribution in [0.3, 0.4) is 0 Å². The van der Waals surface area contributed by atoms with Crippen molar-refractivity contribution in [3.8, 4) is 11.5 Å². The van der Waals surface area contributed by atoms with Crippen molar-refractivity contribution in [1.29, 1.82) is 0 Å². The monoisotopic (exact) mass is 210 g/mol. The van der Waals surface area contributed by atoms with E-state index in [0.29, 0.717) is 10.8 Å². The fourth-order valence-electron chi connectivity index (χ4n) is 1.43. The van der Waals surface area contributed by atoms with Crippen LogP contribution in [-0.4, -0.2) is 11.7 Å². The molecule has 2 rings (SSSR count). The van der Waals surface area contributed by atoms with E-state index in [1.807, 2.05) is 0 Å². The Hall–Kier alpha value is -1.84. The Labute approximate surface area is 84.7 Å². The van der Waals surface area contributed by atoms with Crippen molar-refractivity contribution in [3.05, 3.63) is 36.4 Å². The molecule has 0 aliphatic heterocycles. The number of rotatable bonds is 2. The largest absolute Gasteiger partial charge is 0.507 e. The predicted molar refractivity (Wildman–Crippen MR) is 52.2 cm³/mol. The van der Waals surface area contributed by atoms with Crippen LogP contribution in [0.25, 0.3) is 10.8 Å². The number of fused-ring (bicyclic) bond motifs is 1. The highest BCUT2D eigenvalue weighted by Gasteiger charge is 2.07. The maximum absolute atomic E-state index is 11.9. The predicted octanol–water partition coefficient (Wildman–Crippen LogP) is 3.15. The minimum Gasteiger partial charge on any atom is -0.507 e. The van der Waals surface area contributed by atoms with Crippen LogP contribution in [0.15, 0.2) is 36.4 Å². The van der Waals surface area contributed by atoms with E-state index >= 15 is 0 Å². The van der Waals surface area contributed by atoms with Gasteiger partial charge in [0.15, 0.2) is 0 Å². The zero-order chi connectivity index (χ0) is 10.8. The van der Waals surface area contributed by atoms with Crippen molar-refractivity contribution in [1.82, 2.24) is 0 Å². The number of hydrogen-bond acceptors (Lipinski definition) is 2. The molecule has 78 valence electrons. The molecule has 0 aliphatic rings. The Bertz CT molecular complexity index is 483. The third kappa shape index (κ3) is 1.98. The van der Waals surface area contributed by atoms with Crippen LogP contribution in [0, 0.1) is 0 Å². The van der Waals surface area contributed by atoms with Gasteiger partial charge in [-0.25, -0.2) is 0 Å². The summed E-state index contributed by atoms with van der Waals surface area (Å²) in [5, 5.41) is 10.8. The highest BCUT2D eigenvalue weighted by Crippen LogP contribution is 2.30. The molecule has 2 aromatic rings. The van der Waals surface area contributed by atoms with E-state index < -0.39 is 6.61 Å². The van der Waals surface area contributed by atoms with Crippen LogP contribution < -0.4 is 4.74 Å². The Morgan fingerprint density at radius 1 is 1.13 bits per heavy atom. The molecular formula is C11H8F2O2. The number of phenolic OH excluding ortho intramolecular Hbond substituents is 1. The summed E-state index contributed by atoms with van der Waals surface area (Å²) in [5.41, 5.74) is 0.